The van der Waals surface area contributed by atoms with Crippen molar-refractivity contribution in [2.24, 2.45) is 5.92 Å². The molecule has 0 aliphatic rings. The van der Waals surface area contributed by atoms with E-state index in [0.717, 1.165) is 26.1 Å². The molecule has 0 bridgehead atoms. The summed E-state index contributed by atoms with van der Waals surface area (Å²) >= 11 is 0. The molecular formula is C18H32N2. The van der Waals surface area contributed by atoms with Gasteiger partial charge in [-0.3, -0.25) is 4.90 Å². The third-order valence-corrected chi connectivity index (χ3v) is 3.64. The molecule has 20 heavy (non-hydrogen) atoms. The fourth-order valence-electron chi connectivity index (χ4n) is 2.50. The number of rotatable bonds is 9. The van der Waals surface area contributed by atoms with Gasteiger partial charge in [0.1, 0.15) is 0 Å². The molecule has 2 heteroatoms. The summed E-state index contributed by atoms with van der Waals surface area (Å²) in [6, 6.07) is 9.49. The van der Waals surface area contributed by atoms with Crippen molar-refractivity contribution in [3.05, 3.63) is 35.4 Å². The second-order valence-electron chi connectivity index (χ2n) is 6.29. The second-order valence-corrected chi connectivity index (χ2v) is 6.29. The standard InChI is InChI=1S/C18H32N2/c1-6-19-12-11-17-9-7-8-10-18(17)14-20(16(4)5)13-15(2)3/h7-10,15-16,19H,6,11-14H2,1-5H3. The largest absolute Gasteiger partial charge is 0.317 e. The molecule has 2 nitrogen and oxygen atoms in total. The van der Waals surface area contributed by atoms with Crippen molar-refractivity contribution in [1.82, 2.24) is 10.2 Å². The number of benzene rings is 1. The molecule has 0 aromatic heterocycles. The number of nitrogens with one attached hydrogen (secondary N) is 1. The lowest BCUT2D eigenvalue weighted by Gasteiger charge is -2.29. The summed E-state index contributed by atoms with van der Waals surface area (Å²) in [7, 11) is 0. The van der Waals surface area contributed by atoms with E-state index >= 15 is 0 Å². The van der Waals surface area contributed by atoms with Gasteiger partial charge < -0.3 is 5.32 Å². The van der Waals surface area contributed by atoms with Crippen LogP contribution in [0.4, 0.5) is 0 Å². The molecule has 0 aliphatic carbocycles. The van der Waals surface area contributed by atoms with E-state index in [2.05, 4.69) is 69.1 Å². The van der Waals surface area contributed by atoms with Gasteiger partial charge in [0.05, 0.1) is 0 Å². The molecule has 0 aliphatic heterocycles. The zero-order valence-corrected chi connectivity index (χ0v) is 13.9. The van der Waals surface area contributed by atoms with Gasteiger partial charge in [-0.2, -0.15) is 0 Å². The first-order valence-corrected chi connectivity index (χ1v) is 8.06. The number of hydrogen-bond acceptors (Lipinski definition) is 2. The quantitative estimate of drug-likeness (QED) is 0.692. The Labute approximate surface area is 125 Å². The highest BCUT2D eigenvalue weighted by molar-refractivity contribution is 5.27. The molecule has 0 atom stereocenters. The van der Waals surface area contributed by atoms with E-state index in [-0.39, 0.29) is 0 Å². The van der Waals surface area contributed by atoms with Gasteiger partial charge in [0.15, 0.2) is 0 Å². The van der Waals surface area contributed by atoms with Gasteiger partial charge in [-0.1, -0.05) is 45.0 Å². The zero-order chi connectivity index (χ0) is 15.0. The Bertz CT molecular complexity index is 371. The van der Waals surface area contributed by atoms with Crippen molar-refractivity contribution in [1.29, 1.82) is 0 Å². The maximum Gasteiger partial charge on any atom is 0.0239 e. The van der Waals surface area contributed by atoms with Crippen LogP contribution < -0.4 is 5.32 Å². The normalized spacial score (nSPS) is 11.8. The lowest BCUT2D eigenvalue weighted by molar-refractivity contribution is 0.188. The second kappa shape index (κ2) is 9.15. The number of hydrogen-bond donors (Lipinski definition) is 1. The van der Waals surface area contributed by atoms with Crippen molar-refractivity contribution in [2.75, 3.05) is 19.6 Å². The van der Waals surface area contributed by atoms with Crippen LogP contribution in [0.15, 0.2) is 24.3 Å². The minimum absolute atomic E-state index is 0.597. The Morgan fingerprint density at radius 1 is 1.05 bits per heavy atom. The average Bonchev–Trinajstić information content (AvgIpc) is 2.39. The Morgan fingerprint density at radius 2 is 1.70 bits per heavy atom. The van der Waals surface area contributed by atoms with Crippen molar-refractivity contribution in [3.8, 4) is 0 Å². The molecule has 1 rings (SSSR count). The Kier molecular flexibility index (Phi) is 7.86. The Balaban J connectivity index is 2.73. The monoisotopic (exact) mass is 276 g/mol. The van der Waals surface area contributed by atoms with Gasteiger partial charge in [-0.25, -0.2) is 0 Å². The molecule has 0 spiro atoms. The minimum Gasteiger partial charge on any atom is -0.317 e. The summed E-state index contributed by atoms with van der Waals surface area (Å²) in [6.45, 7) is 15.7. The van der Waals surface area contributed by atoms with Crippen molar-refractivity contribution in [3.63, 3.8) is 0 Å². The van der Waals surface area contributed by atoms with Crippen LogP contribution in [0.1, 0.15) is 45.7 Å². The fourth-order valence-corrected chi connectivity index (χ4v) is 2.50. The molecule has 0 fully saturated rings. The van der Waals surface area contributed by atoms with E-state index in [4.69, 9.17) is 0 Å². The summed E-state index contributed by atoms with van der Waals surface area (Å²) in [5.74, 6) is 0.714. The van der Waals surface area contributed by atoms with Crippen LogP contribution >= 0.6 is 0 Å². The lowest BCUT2D eigenvalue weighted by Crippen LogP contribution is -2.34. The van der Waals surface area contributed by atoms with Gasteiger partial charge >= 0.3 is 0 Å². The van der Waals surface area contributed by atoms with Crippen molar-refractivity contribution >= 4 is 0 Å². The van der Waals surface area contributed by atoms with Crippen LogP contribution in [0.25, 0.3) is 0 Å². The first-order valence-electron chi connectivity index (χ1n) is 8.06. The summed E-state index contributed by atoms with van der Waals surface area (Å²) in [6.07, 6.45) is 1.12. The van der Waals surface area contributed by atoms with Gasteiger partial charge in [-0.05, 0) is 50.4 Å². The van der Waals surface area contributed by atoms with Crippen LogP contribution in [-0.4, -0.2) is 30.6 Å². The fraction of sp³-hybridized carbons (Fsp3) is 0.667. The molecule has 0 heterocycles. The zero-order valence-electron chi connectivity index (χ0n) is 13.9. The molecular weight excluding hydrogens is 244 g/mol. The maximum atomic E-state index is 3.42. The van der Waals surface area contributed by atoms with E-state index in [1.807, 2.05) is 0 Å². The first kappa shape index (κ1) is 17.2. The summed E-state index contributed by atoms with van der Waals surface area (Å²) < 4.78 is 0. The topological polar surface area (TPSA) is 15.3 Å². The smallest absolute Gasteiger partial charge is 0.0239 e. The van der Waals surface area contributed by atoms with E-state index < -0.39 is 0 Å². The maximum absolute atomic E-state index is 3.42. The van der Waals surface area contributed by atoms with E-state index in [1.54, 1.807) is 0 Å². The van der Waals surface area contributed by atoms with Gasteiger partial charge in [0, 0.05) is 19.1 Å². The van der Waals surface area contributed by atoms with Gasteiger partial charge in [0.25, 0.3) is 0 Å². The molecule has 1 aromatic rings. The summed E-state index contributed by atoms with van der Waals surface area (Å²) in [4.78, 5) is 2.58. The minimum atomic E-state index is 0.597. The molecule has 1 N–H and O–H groups in total. The first-order chi connectivity index (χ1) is 9.54. The van der Waals surface area contributed by atoms with Crippen LogP contribution in [0.2, 0.25) is 0 Å². The third kappa shape index (κ3) is 6.06. The van der Waals surface area contributed by atoms with Crippen LogP contribution in [0.3, 0.4) is 0 Å². The molecule has 0 saturated carbocycles. The van der Waals surface area contributed by atoms with Gasteiger partial charge in [0.2, 0.25) is 0 Å². The van der Waals surface area contributed by atoms with Crippen LogP contribution in [-0.2, 0) is 13.0 Å². The summed E-state index contributed by atoms with van der Waals surface area (Å²) in [5, 5.41) is 3.42. The number of likely N-dealkylation sites (N-methyl/N-ethyl adjacent to an activating group) is 1. The molecule has 0 unspecified atom stereocenters. The number of nitrogens with zero attached hydrogens (tertiary/aromatic N) is 1. The predicted octanol–water partition coefficient (Wildman–Crippen LogP) is 3.71. The average molecular weight is 276 g/mol. The SMILES string of the molecule is CCNCCc1ccccc1CN(CC(C)C)C(C)C. The molecule has 0 radical (unpaired) electrons. The summed E-state index contributed by atoms with van der Waals surface area (Å²) in [5.41, 5.74) is 2.97. The van der Waals surface area contributed by atoms with Crippen molar-refractivity contribution in [2.45, 2.75) is 53.6 Å². The van der Waals surface area contributed by atoms with Crippen LogP contribution in [0, 0.1) is 5.92 Å². The van der Waals surface area contributed by atoms with E-state index in [9.17, 15) is 0 Å². The van der Waals surface area contributed by atoms with Crippen LogP contribution in [0.5, 0.6) is 0 Å². The van der Waals surface area contributed by atoms with Gasteiger partial charge in [-0.15, -0.1) is 0 Å². The Morgan fingerprint density at radius 3 is 2.25 bits per heavy atom. The lowest BCUT2D eigenvalue weighted by atomic mass is 10.0. The highest BCUT2D eigenvalue weighted by atomic mass is 15.1. The Hall–Kier alpha value is -0.860. The van der Waals surface area contributed by atoms with E-state index in [1.165, 1.54) is 17.7 Å². The third-order valence-electron chi connectivity index (χ3n) is 3.64. The molecule has 114 valence electrons. The molecule has 0 amide bonds. The van der Waals surface area contributed by atoms with E-state index in [0.29, 0.717) is 12.0 Å². The predicted molar refractivity (Wildman–Crippen MR) is 89.1 cm³/mol. The molecule has 0 saturated heterocycles. The highest BCUT2D eigenvalue weighted by Gasteiger charge is 2.13. The molecule has 1 aromatic carbocycles. The highest BCUT2D eigenvalue weighted by Crippen LogP contribution is 2.15. The van der Waals surface area contributed by atoms with Crippen molar-refractivity contribution < 1.29 is 0 Å².